The number of esters is 1. The minimum absolute atomic E-state index is 0.206. The summed E-state index contributed by atoms with van der Waals surface area (Å²) in [6, 6.07) is 1.98. The lowest BCUT2D eigenvalue weighted by atomic mass is 10.1. The molecule has 3 nitrogen and oxygen atoms in total. The number of hydrogen-bond acceptors (Lipinski definition) is 3. The molecule has 3 heteroatoms. The second-order valence-corrected chi connectivity index (χ2v) is 2.38. The normalized spacial score (nSPS) is 11.7. The molecule has 0 saturated heterocycles. The number of ether oxygens (including phenoxy) is 1. The average molecular weight is 155 g/mol. The van der Waals surface area contributed by atoms with Crippen LogP contribution in [-0.2, 0) is 9.53 Å². The Morgan fingerprint density at radius 3 is 2.73 bits per heavy atom. The van der Waals surface area contributed by atoms with Gasteiger partial charge in [0.25, 0.3) is 0 Å². The molecule has 62 valence electrons. The third kappa shape index (κ3) is 5.41. The highest BCUT2D eigenvalue weighted by atomic mass is 16.5. The van der Waals surface area contributed by atoms with Crippen molar-refractivity contribution in [1.82, 2.24) is 0 Å². The van der Waals surface area contributed by atoms with Crippen LogP contribution in [0, 0.1) is 11.3 Å². The van der Waals surface area contributed by atoms with Crippen LogP contribution in [0.5, 0.6) is 0 Å². The second kappa shape index (κ2) is 5.72. The van der Waals surface area contributed by atoms with Gasteiger partial charge in [0.1, 0.15) is 6.10 Å². The molecule has 0 spiro atoms. The molecule has 0 N–H and O–H groups in total. The molecule has 0 aromatic heterocycles. The number of nitriles is 1. The van der Waals surface area contributed by atoms with Gasteiger partial charge >= 0.3 is 5.97 Å². The van der Waals surface area contributed by atoms with Crippen LogP contribution in [0.25, 0.3) is 0 Å². The Kier molecular flexibility index (Phi) is 5.18. The number of carbonyl (C=O) groups excluding carboxylic acids is 1. The standard InChI is InChI=1S/C8H13NO2/c1-3-4-8(5-6-9)11-7(2)10/h8H,3-5H2,1-2H3/t8-/m1/s1. The molecule has 0 amide bonds. The monoisotopic (exact) mass is 155 g/mol. The average Bonchev–Trinajstić information content (AvgIpc) is 1.87. The van der Waals surface area contributed by atoms with E-state index in [1.165, 1.54) is 6.92 Å². The Morgan fingerprint density at radius 1 is 1.73 bits per heavy atom. The summed E-state index contributed by atoms with van der Waals surface area (Å²) in [6.45, 7) is 3.36. The molecule has 0 saturated carbocycles. The van der Waals surface area contributed by atoms with Gasteiger partial charge < -0.3 is 4.74 Å². The predicted octanol–water partition coefficient (Wildman–Crippen LogP) is 1.63. The van der Waals surface area contributed by atoms with Gasteiger partial charge in [-0.05, 0) is 6.42 Å². The summed E-state index contributed by atoms with van der Waals surface area (Å²) in [5, 5.41) is 8.33. The smallest absolute Gasteiger partial charge is 0.302 e. The first-order chi connectivity index (χ1) is 5.20. The molecule has 0 radical (unpaired) electrons. The number of rotatable bonds is 4. The van der Waals surface area contributed by atoms with Gasteiger partial charge in [0.2, 0.25) is 0 Å². The molecular weight excluding hydrogens is 142 g/mol. The van der Waals surface area contributed by atoms with Crippen LogP contribution in [0.1, 0.15) is 33.1 Å². The number of hydrogen-bond donors (Lipinski definition) is 0. The first-order valence-corrected chi connectivity index (χ1v) is 3.74. The highest BCUT2D eigenvalue weighted by molar-refractivity contribution is 5.66. The summed E-state index contributed by atoms with van der Waals surface area (Å²) >= 11 is 0. The number of nitrogens with zero attached hydrogens (tertiary/aromatic N) is 1. The predicted molar refractivity (Wildman–Crippen MR) is 40.7 cm³/mol. The fourth-order valence-corrected chi connectivity index (χ4v) is 0.861. The Labute approximate surface area is 67.0 Å². The quantitative estimate of drug-likeness (QED) is 0.580. The fraction of sp³-hybridized carbons (Fsp3) is 0.750. The van der Waals surface area contributed by atoms with Crippen molar-refractivity contribution in [3.63, 3.8) is 0 Å². The van der Waals surface area contributed by atoms with Gasteiger partial charge in [-0.3, -0.25) is 4.79 Å². The second-order valence-electron chi connectivity index (χ2n) is 2.38. The van der Waals surface area contributed by atoms with Gasteiger partial charge in [0.05, 0.1) is 12.5 Å². The third-order valence-electron chi connectivity index (χ3n) is 1.26. The molecular formula is C8H13NO2. The maximum Gasteiger partial charge on any atom is 0.302 e. The zero-order valence-corrected chi connectivity index (χ0v) is 6.96. The molecule has 0 aromatic carbocycles. The van der Waals surface area contributed by atoms with Crippen LogP contribution in [0.3, 0.4) is 0 Å². The van der Waals surface area contributed by atoms with Crippen molar-refractivity contribution in [2.45, 2.75) is 39.2 Å². The van der Waals surface area contributed by atoms with Crippen molar-refractivity contribution in [2.24, 2.45) is 0 Å². The lowest BCUT2D eigenvalue weighted by Crippen LogP contribution is -2.15. The largest absolute Gasteiger partial charge is 0.461 e. The van der Waals surface area contributed by atoms with Crippen LogP contribution in [0.15, 0.2) is 0 Å². The third-order valence-corrected chi connectivity index (χ3v) is 1.26. The van der Waals surface area contributed by atoms with Gasteiger partial charge in [-0.2, -0.15) is 5.26 Å². The van der Waals surface area contributed by atoms with Crippen LogP contribution >= 0.6 is 0 Å². The Hall–Kier alpha value is -1.04. The van der Waals surface area contributed by atoms with E-state index in [1.807, 2.05) is 13.0 Å². The van der Waals surface area contributed by atoms with Gasteiger partial charge in [0.15, 0.2) is 0 Å². The van der Waals surface area contributed by atoms with Gasteiger partial charge in [-0.15, -0.1) is 0 Å². The van der Waals surface area contributed by atoms with Crippen molar-refractivity contribution in [2.75, 3.05) is 0 Å². The maximum atomic E-state index is 10.5. The summed E-state index contributed by atoms with van der Waals surface area (Å²) in [5.41, 5.74) is 0. The first-order valence-electron chi connectivity index (χ1n) is 3.74. The van der Waals surface area contributed by atoms with E-state index in [-0.39, 0.29) is 12.1 Å². The van der Waals surface area contributed by atoms with Crippen molar-refractivity contribution in [3.8, 4) is 6.07 Å². The SMILES string of the molecule is CCC[C@H](CC#N)OC(C)=O. The van der Waals surface area contributed by atoms with Crippen LogP contribution in [0.2, 0.25) is 0 Å². The Balaban J connectivity index is 3.70. The minimum atomic E-state index is -0.307. The van der Waals surface area contributed by atoms with E-state index in [0.29, 0.717) is 6.42 Å². The van der Waals surface area contributed by atoms with Crippen LogP contribution in [0.4, 0.5) is 0 Å². The van der Waals surface area contributed by atoms with E-state index in [2.05, 4.69) is 0 Å². The summed E-state index contributed by atoms with van der Waals surface area (Å²) in [4.78, 5) is 10.5. The highest BCUT2D eigenvalue weighted by Gasteiger charge is 2.09. The zero-order valence-electron chi connectivity index (χ0n) is 6.96. The van der Waals surface area contributed by atoms with E-state index in [1.54, 1.807) is 0 Å². The van der Waals surface area contributed by atoms with Crippen molar-refractivity contribution in [3.05, 3.63) is 0 Å². The van der Waals surface area contributed by atoms with Gasteiger partial charge in [0, 0.05) is 6.92 Å². The van der Waals surface area contributed by atoms with Crippen LogP contribution in [-0.4, -0.2) is 12.1 Å². The maximum absolute atomic E-state index is 10.5. The molecule has 11 heavy (non-hydrogen) atoms. The molecule has 0 fully saturated rings. The van der Waals surface area contributed by atoms with Crippen molar-refractivity contribution >= 4 is 5.97 Å². The van der Waals surface area contributed by atoms with E-state index in [4.69, 9.17) is 10.00 Å². The fourth-order valence-electron chi connectivity index (χ4n) is 0.861. The molecule has 0 aliphatic rings. The van der Waals surface area contributed by atoms with Crippen LogP contribution < -0.4 is 0 Å². The summed E-state index contributed by atoms with van der Waals surface area (Å²) in [7, 11) is 0. The minimum Gasteiger partial charge on any atom is -0.461 e. The molecule has 0 heterocycles. The molecule has 0 bridgehead atoms. The molecule has 0 aromatic rings. The molecule has 0 aliphatic carbocycles. The molecule has 0 rings (SSSR count). The molecule has 0 unspecified atom stereocenters. The first kappa shape index (κ1) is 9.96. The lowest BCUT2D eigenvalue weighted by Gasteiger charge is -2.11. The summed E-state index contributed by atoms with van der Waals surface area (Å²) in [6.07, 6.45) is 1.79. The Morgan fingerprint density at radius 2 is 2.36 bits per heavy atom. The van der Waals surface area contributed by atoms with Gasteiger partial charge in [-0.25, -0.2) is 0 Å². The van der Waals surface area contributed by atoms with Gasteiger partial charge in [-0.1, -0.05) is 13.3 Å². The molecule has 1 atom stereocenters. The van der Waals surface area contributed by atoms with E-state index in [9.17, 15) is 4.79 Å². The summed E-state index contributed by atoms with van der Waals surface area (Å²) in [5.74, 6) is -0.307. The lowest BCUT2D eigenvalue weighted by molar-refractivity contribution is -0.146. The molecule has 0 aliphatic heterocycles. The topological polar surface area (TPSA) is 50.1 Å². The highest BCUT2D eigenvalue weighted by Crippen LogP contribution is 2.05. The summed E-state index contributed by atoms with van der Waals surface area (Å²) < 4.78 is 4.87. The van der Waals surface area contributed by atoms with Crippen molar-refractivity contribution in [1.29, 1.82) is 5.26 Å². The zero-order chi connectivity index (χ0) is 8.69. The van der Waals surface area contributed by atoms with E-state index < -0.39 is 0 Å². The Bertz CT molecular complexity index is 160. The van der Waals surface area contributed by atoms with E-state index >= 15 is 0 Å². The number of carbonyl (C=O) groups is 1. The van der Waals surface area contributed by atoms with Crippen molar-refractivity contribution < 1.29 is 9.53 Å². The van der Waals surface area contributed by atoms with E-state index in [0.717, 1.165) is 12.8 Å².